The summed E-state index contributed by atoms with van der Waals surface area (Å²) < 4.78 is 7.49. The lowest BCUT2D eigenvalue weighted by Gasteiger charge is -2.11. The molecule has 0 N–H and O–H groups in total. The molecule has 146 valence electrons. The minimum Gasteiger partial charge on any atom is -0.423 e. The van der Waals surface area contributed by atoms with Gasteiger partial charge in [-0.05, 0) is 73.6 Å². The monoisotopic (exact) mass is 403 g/mol. The summed E-state index contributed by atoms with van der Waals surface area (Å²) in [5.74, 6) is 0.629. The summed E-state index contributed by atoms with van der Waals surface area (Å²) in [7, 11) is 0. The Hall–Kier alpha value is -2.86. The number of hydrogen-bond donors (Lipinski definition) is 0. The Balaban J connectivity index is 1.49. The van der Waals surface area contributed by atoms with Gasteiger partial charge in [0.25, 0.3) is 0 Å². The predicted molar refractivity (Wildman–Crippen MR) is 115 cm³/mol. The molecule has 6 heteroatoms. The fourth-order valence-electron chi connectivity index (χ4n) is 4.12. The molecule has 4 aromatic rings. The van der Waals surface area contributed by atoms with Crippen LogP contribution in [0.15, 0.2) is 57.1 Å². The zero-order valence-electron chi connectivity index (χ0n) is 16.4. The number of fused-ring (bicyclic) bond motifs is 2. The first-order chi connectivity index (χ1) is 14.1. The highest BCUT2D eigenvalue weighted by molar-refractivity contribution is 7.98. The standard InChI is InChI=1S/C23H21N3O2S/c1-14-6-7-20(15(2)8-14)26-13-24-25-23(26)29-12-18-11-22(27)28-21-10-17-5-3-4-16(17)9-19(18)21/h6-11,13H,3-5,12H2,1-2H3. The molecule has 2 aromatic carbocycles. The summed E-state index contributed by atoms with van der Waals surface area (Å²) in [6, 6.07) is 12.2. The molecule has 0 spiro atoms. The van der Waals surface area contributed by atoms with Crippen LogP contribution >= 0.6 is 11.8 Å². The number of nitrogens with zero attached hydrogens (tertiary/aromatic N) is 3. The Morgan fingerprint density at radius 3 is 2.76 bits per heavy atom. The van der Waals surface area contributed by atoms with Crippen molar-refractivity contribution in [2.24, 2.45) is 0 Å². The van der Waals surface area contributed by atoms with Gasteiger partial charge in [0.05, 0.1) is 5.69 Å². The van der Waals surface area contributed by atoms with Crippen LogP contribution in [-0.2, 0) is 18.6 Å². The van der Waals surface area contributed by atoms with E-state index in [0.29, 0.717) is 11.3 Å². The van der Waals surface area contributed by atoms with Crippen LogP contribution in [0.5, 0.6) is 0 Å². The molecule has 5 rings (SSSR count). The molecule has 2 heterocycles. The van der Waals surface area contributed by atoms with Crippen LogP contribution in [0.3, 0.4) is 0 Å². The van der Waals surface area contributed by atoms with Gasteiger partial charge in [-0.1, -0.05) is 29.5 Å². The second-order valence-electron chi connectivity index (χ2n) is 7.62. The van der Waals surface area contributed by atoms with Crippen molar-refractivity contribution in [2.45, 2.75) is 44.0 Å². The molecule has 0 fully saturated rings. The molecule has 0 radical (unpaired) electrons. The van der Waals surface area contributed by atoms with Crippen molar-refractivity contribution >= 4 is 22.7 Å². The van der Waals surface area contributed by atoms with Crippen LogP contribution in [0.1, 0.15) is 34.2 Å². The lowest BCUT2D eigenvalue weighted by Crippen LogP contribution is -2.02. The average molecular weight is 404 g/mol. The molecular weight excluding hydrogens is 382 g/mol. The van der Waals surface area contributed by atoms with E-state index in [0.717, 1.165) is 34.6 Å². The van der Waals surface area contributed by atoms with Gasteiger partial charge < -0.3 is 4.42 Å². The summed E-state index contributed by atoms with van der Waals surface area (Å²) in [6.07, 6.45) is 5.06. The molecule has 0 unspecified atom stereocenters. The van der Waals surface area contributed by atoms with Gasteiger partial charge in [0, 0.05) is 17.2 Å². The summed E-state index contributed by atoms with van der Waals surface area (Å²) in [5.41, 5.74) is 7.50. The van der Waals surface area contributed by atoms with Crippen molar-refractivity contribution in [3.63, 3.8) is 0 Å². The van der Waals surface area contributed by atoms with Gasteiger partial charge >= 0.3 is 5.63 Å². The highest BCUT2D eigenvalue weighted by Crippen LogP contribution is 2.31. The van der Waals surface area contributed by atoms with E-state index < -0.39 is 0 Å². The quantitative estimate of drug-likeness (QED) is 0.363. The highest BCUT2D eigenvalue weighted by atomic mass is 32.2. The van der Waals surface area contributed by atoms with Crippen molar-refractivity contribution < 1.29 is 4.42 Å². The third-order valence-corrected chi connectivity index (χ3v) is 6.52. The molecular formula is C23H21N3O2S. The lowest BCUT2D eigenvalue weighted by molar-refractivity contribution is 0.559. The molecule has 29 heavy (non-hydrogen) atoms. The zero-order valence-corrected chi connectivity index (χ0v) is 17.3. The summed E-state index contributed by atoms with van der Waals surface area (Å²) in [5, 5.41) is 10.2. The van der Waals surface area contributed by atoms with Gasteiger partial charge in [-0.3, -0.25) is 4.57 Å². The zero-order chi connectivity index (χ0) is 20.0. The largest absolute Gasteiger partial charge is 0.423 e. The number of aryl methyl sites for hydroxylation is 4. The van der Waals surface area contributed by atoms with E-state index in [1.807, 2.05) is 10.6 Å². The van der Waals surface area contributed by atoms with Crippen molar-refractivity contribution in [3.8, 4) is 5.69 Å². The van der Waals surface area contributed by atoms with Gasteiger partial charge in [0.15, 0.2) is 5.16 Å². The van der Waals surface area contributed by atoms with Crippen LogP contribution < -0.4 is 5.63 Å². The molecule has 0 saturated heterocycles. The van der Waals surface area contributed by atoms with E-state index in [9.17, 15) is 4.79 Å². The first-order valence-corrected chi connectivity index (χ1v) is 10.8. The maximum atomic E-state index is 12.1. The van der Waals surface area contributed by atoms with Gasteiger partial charge in [-0.25, -0.2) is 4.79 Å². The summed E-state index contributed by atoms with van der Waals surface area (Å²) >= 11 is 1.58. The topological polar surface area (TPSA) is 60.9 Å². The predicted octanol–water partition coefficient (Wildman–Crippen LogP) is 4.77. The molecule has 0 aliphatic heterocycles. The Labute approximate surface area is 172 Å². The van der Waals surface area contributed by atoms with Crippen LogP contribution in [0.25, 0.3) is 16.7 Å². The molecule has 2 aromatic heterocycles. The Bertz CT molecular complexity index is 1290. The third kappa shape index (κ3) is 3.38. The minimum atomic E-state index is -0.304. The van der Waals surface area contributed by atoms with E-state index in [-0.39, 0.29) is 5.63 Å². The van der Waals surface area contributed by atoms with E-state index in [1.165, 1.54) is 28.7 Å². The maximum absolute atomic E-state index is 12.1. The second-order valence-corrected chi connectivity index (χ2v) is 8.57. The first kappa shape index (κ1) is 18.2. The first-order valence-electron chi connectivity index (χ1n) is 9.77. The van der Waals surface area contributed by atoms with E-state index >= 15 is 0 Å². The van der Waals surface area contributed by atoms with E-state index in [2.05, 4.69) is 48.3 Å². The molecule has 5 nitrogen and oxygen atoms in total. The van der Waals surface area contributed by atoms with E-state index in [4.69, 9.17) is 4.42 Å². The van der Waals surface area contributed by atoms with Gasteiger partial charge in [-0.2, -0.15) is 0 Å². The molecule has 0 amide bonds. The fraction of sp³-hybridized carbons (Fsp3) is 0.261. The molecule has 0 bridgehead atoms. The summed E-state index contributed by atoms with van der Waals surface area (Å²) in [6.45, 7) is 4.18. The van der Waals surface area contributed by atoms with E-state index in [1.54, 1.807) is 24.2 Å². The average Bonchev–Trinajstić information content (AvgIpc) is 3.33. The molecule has 1 aliphatic rings. The third-order valence-electron chi connectivity index (χ3n) is 5.53. The van der Waals surface area contributed by atoms with Crippen molar-refractivity contribution in [3.05, 3.63) is 81.0 Å². The van der Waals surface area contributed by atoms with Crippen molar-refractivity contribution in [2.75, 3.05) is 0 Å². The maximum Gasteiger partial charge on any atom is 0.336 e. The van der Waals surface area contributed by atoms with Gasteiger partial charge in [0.1, 0.15) is 11.9 Å². The Morgan fingerprint density at radius 2 is 1.93 bits per heavy atom. The number of benzene rings is 2. The number of rotatable bonds is 4. The highest BCUT2D eigenvalue weighted by Gasteiger charge is 2.16. The SMILES string of the molecule is Cc1ccc(-n2cnnc2SCc2cc(=O)oc3cc4c(cc23)CCC4)c(C)c1. The van der Waals surface area contributed by atoms with Gasteiger partial charge in [0.2, 0.25) is 0 Å². The minimum absolute atomic E-state index is 0.304. The van der Waals surface area contributed by atoms with Crippen LogP contribution in [0.2, 0.25) is 0 Å². The Morgan fingerprint density at radius 1 is 1.10 bits per heavy atom. The van der Waals surface area contributed by atoms with Crippen molar-refractivity contribution in [1.29, 1.82) is 0 Å². The number of hydrogen-bond acceptors (Lipinski definition) is 5. The second kappa shape index (κ2) is 7.19. The fourth-order valence-corrected chi connectivity index (χ4v) is 5.03. The van der Waals surface area contributed by atoms with Crippen molar-refractivity contribution in [1.82, 2.24) is 14.8 Å². The van der Waals surface area contributed by atoms with Gasteiger partial charge in [-0.15, -0.1) is 10.2 Å². The molecule has 0 atom stereocenters. The van der Waals surface area contributed by atoms with Crippen LogP contribution in [0, 0.1) is 13.8 Å². The lowest BCUT2D eigenvalue weighted by atomic mass is 10.0. The number of thioether (sulfide) groups is 1. The number of aromatic nitrogens is 3. The molecule has 0 saturated carbocycles. The smallest absolute Gasteiger partial charge is 0.336 e. The Kier molecular flexibility index (Phi) is 4.51. The summed E-state index contributed by atoms with van der Waals surface area (Å²) in [4.78, 5) is 12.1. The normalized spacial score (nSPS) is 13.2. The van der Waals surface area contributed by atoms with Crippen LogP contribution in [0.4, 0.5) is 0 Å². The van der Waals surface area contributed by atoms with Crippen LogP contribution in [-0.4, -0.2) is 14.8 Å². The molecule has 1 aliphatic carbocycles.